The van der Waals surface area contributed by atoms with Gasteiger partial charge in [-0.3, -0.25) is 0 Å². The zero-order valence-electron chi connectivity index (χ0n) is 13.0. The molecule has 2 unspecified atom stereocenters. The predicted octanol–water partition coefficient (Wildman–Crippen LogP) is 2.61. The molecule has 0 bridgehead atoms. The second kappa shape index (κ2) is 8.52. The van der Waals surface area contributed by atoms with E-state index in [9.17, 15) is 4.79 Å². The van der Waals surface area contributed by atoms with Crippen LogP contribution in [-0.2, 0) is 11.2 Å². The zero-order chi connectivity index (χ0) is 15.8. The lowest BCUT2D eigenvalue weighted by molar-refractivity contribution is -0.145. The molecule has 3 N–H and O–H groups in total. The standard InChI is InChI=1S/C16H25NO4/c1-4-8-20-13-7-6-12(9-11(3)17)15(10-13)21-14(5-2)16(18)19/h6-7,10-11,14H,4-5,8-9,17H2,1-3H3,(H,18,19). The summed E-state index contributed by atoms with van der Waals surface area (Å²) in [5.41, 5.74) is 6.73. The lowest BCUT2D eigenvalue weighted by Gasteiger charge is -2.18. The van der Waals surface area contributed by atoms with Crippen LogP contribution in [0, 0.1) is 0 Å². The fourth-order valence-electron chi connectivity index (χ4n) is 1.93. The Kier molecular flexibility index (Phi) is 7.02. The molecule has 1 aromatic carbocycles. The van der Waals surface area contributed by atoms with Crippen molar-refractivity contribution < 1.29 is 19.4 Å². The van der Waals surface area contributed by atoms with E-state index in [-0.39, 0.29) is 6.04 Å². The summed E-state index contributed by atoms with van der Waals surface area (Å²) in [5, 5.41) is 9.14. The Bertz CT molecular complexity index is 460. The summed E-state index contributed by atoms with van der Waals surface area (Å²) in [5.74, 6) is 0.250. The lowest BCUT2D eigenvalue weighted by atomic mass is 10.1. The monoisotopic (exact) mass is 295 g/mol. The minimum atomic E-state index is -0.968. The van der Waals surface area contributed by atoms with Crippen LogP contribution in [0.5, 0.6) is 11.5 Å². The highest BCUT2D eigenvalue weighted by atomic mass is 16.5. The molecule has 1 aromatic rings. The summed E-state index contributed by atoms with van der Waals surface area (Å²) in [7, 11) is 0. The van der Waals surface area contributed by atoms with Crippen molar-refractivity contribution in [3.63, 3.8) is 0 Å². The topological polar surface area (TPSA) is 81.8 Å². The Morgan fingerprint density at radius 3 is 2.62 bits per heavy atom. The van der Waals surface area contributed by atoms with Crippen LogP contribution in [0.25, 0.3) is 0 Å². The van der Waals surface area contributed by atoms with E-state index in [4.69, 9.17) is 20.3 Å². The van der Waals surface area contributed by atoms with Gasteiger partial charge in [0.25, 0.3) is 0 Å². The highest BCUT2D eigenvalue weighted by Crippen LogP contribution is 2.27. The van der Waals surface area contributed by atoms with Gasteiger partial charge in [0, 0.05) is 12.1 Å². The number of rotatable bonds is 9. The van der Waals surface area contributed by atoms with Crippen LogP contribution in [0.1, 0.15) is 39.2 Å². The Hall–Kier alpha value is -1.75. The quantitative estimate of drug-likeness (QED) is 0.732. The predicted molar refractivity (Wildman–Crippen MR) is 81.9 cm³/mol. The maximum atomic E-state index is 11.1. The molecular formula is C16H25NO4. The number of ether oxygens (including phenoxy) is 2. The number of nitrogens with two attached hydrogens (primary N) is 1. The van der Waals surface area contributed by atoms with Gasteiger partial charge >= 0.3 is 5.97 Å². The summed E-state index contributed by atoms with van der Waals surface area (Å²) in [6.07, 6.45) is 1.06. The number of carboxylic acid groups (broad SMARTS) is 1. The third-order valence-corrected chi connectivity index (χ3v) is 2.97. The molecule has 0 heterocycles. The van der Waals surface area contributed by atoms with E-state index >= 15 is 0 Å². The first kappa shape index (κ1) is 17.3. The smallest absolute Gasteiger partial charge is 0.344 e. The van der Waals surface area contributed by atoms with E-state index in [1.54, 1.807) is 13.0 Å². The SMILES string of the molecule is CCCOc1ccc(CC(C)N)c(OC(CC)C(=O)O)c1. The van der Waals surface area contributed by atoms with Crippen LogP contribution < -0.4 is 15.2 Å². The van der Waals surface area contributed by atoms with Crippen molar-refractivity contribution in [3.05, 3.63) is 23.8 Å². The maximum absolute atomic E-state index is 11.1. The Labute approximate surface area is 126 Å². The highest BCUT2D eigenvalue weighted by molar-refractivity contribution is 5.72. The van der Waals surface area contributed by atoms with E-state index in [0.29, 0.717) is 30.9 Å². The first-order valence-electron chi connectivity index (χ1n) is 7.38. The van der Waals surface area contributed by atoms with Crippen LogP contribution in [0.2, 0.25) is 0 Å². The summed E-state index contributed by atoms with van der Waals surface area (Å²) in [6.45, 7) is 6.32. The minimum Gasteiger partial charge on any atom is -0.493 e. The van der Waals surface area contributed by atoms with E-state index in [0.717, 1.165) is 12.0 Å². The van der Waals surface area contributed by atoms with Gasteiger partial charge in [-0.1, -0.05) is 19.9 Å². The average molecular weight is 295 g/mol. The molecule has 118 valence electrons. The Morgan fingerprint density at radius 1 is 1.38 bits per heavy atom. The van der Waals surface area contributed by atoms with Gasteiger partial charge in [-0.15, -0.1) is 0 Å². The van der Waals surface area contributed by atoms with Crippen molar-refractivity contribution in [1.29, 1.82) is 0 Å². The minimum absolute atomic E-state index is 0.0281. The number of aliphatic carboxylic acids is 1. The van der Waals surface area contributed by atoms with Crippen molar-refractivity contribution in [2.45, 2.75) is 52.2 Å². The molecule has 0 radical (unpaired) electrons. The molecule has 0 fully saturated rings. The van der Waals surface area contributed by atoms with Crippen molar-refractivity contribution in [2.75, 3.05) is 6.61 Å². The molecule has 0 saturated heterocycles. The van der Waals surface area contributed by atoms with E-state index in [1.165, 1.54) is 0 Å². The fraction of sp³-hybridized carbons (Fsp3) is 0.562. The van der Waals surface area contributed by atoms with Gasteiger partial charge in [0.05, 0.1) is 6.61 Å². The molecule has 0 aliphatic carbocycles. The van der Waals surface area contributed by atoms with Gasteiger partial charge in [0.15, 0.2) is 6.10 Å². The number of benzene rings is 1. The summed E-state index contributed by atoms with van der Waals surface area (Å²) in [4.78, 5) is 11.1. The van der Waals surface area contributed by atoms with Gasteiger partial charge in [-0.2, -0.15) is 0 Å². The van der Waals surface area contributed by atoms with Gasteiger partial charge in [-0.05, 0) is 37.8 Å². The molecule has 0 aromatic heterocycles. The molecule has 0 aliphatic heterocycles. The van der Waals surface area contributed by atoms with E-state index < -0.39 is 12.1 Å². The first-order valence-corrected chi connectivity index (χ1v) is 7.38. The van der Waals surface area contributed by atoms with Crippen molar-refractivity contribution >= 4 is 5.97 Å². The van der Waals surface area contributed by atoms with Gasteiger partial charge in [0.2, 0.25) is 0 Å². The highest BCUT2D eigenvalue weighted by Gasteiger charge is 2.19. The second-order valence-corrected chi connectivity index (χ2v) is 5.15. The summed E-state index contributed by atoms with van der Waals surface area (Å²) in [6, 6.07) is 5.47. The molecule has 21 heavy (non-hydrogen) atoms. The number of hydrogen-bond donors (Lipinski definition) is 2. The normalized spacial score (nSPS) is 13.5. The van der Waals surface area contributed by atoms with E-state index in [1.807, 2.05) is 26.0 Å². The molecule has 0 amide bonds. The third-order valence-electron chi connectivity index (χ3n) is 2.97. The Balaban J connectivity index is 3.00. The summed E-state index contributed by atoms with van der Waals surface area (Å²) >= 11 is 0. The third kappa shape index (κ3) is 5.63. The molecule has 1 rings (SSSR count). The Morgan fingerprint density at radius 2 is 2.10 bits per heavy atom. The molecule has 2 atom stereocenters. The van der Waals surface area contributed by atoms with Crippen molar-refractivity contribution in [1.82, 2.24) is 0 Å². The van der Waals surface area contributed by atoms with Crippen molar-refractivity contribution in [3.8, 4) is 11.5 Å². The summed E-state index contributed by atoms with van der Waals surface area (Å²) < 4.78 is 11.2. The number of carbonyl (C=O) groups is 1. The van der Waals surface area contributed by atoms with Gasteiger partial charge in [-0.25, -0.2) is 4.79 Å². The lowest BCUT2D eigenvalue weighted by Crippen LogP contribution is -2.27. The average Bonchev–Trinajstić information content (AvgIpc) is 2.43. The number of carboxylic acids is 1. The fourth-order valence-corrected chi connectivity index (χ4v) is 1.93. The zero-order valence-corrected chi connectivity index (χ0v) is 13.0. The molecule has 5 heteroatoms. The first-order chi connectivity index (χ1) is 9.97. The van der Waals surface area contributed by atoms with Crippen LogP contribution in [0.4, 0.5) is 0 Å². The van der Waals surface area contributed by atoms with Gasteiger partial charge in [0.1, 0.15) is 11.5 Å². The maximum Gasteiger partial charge on any atom is 0.344 e. The van der Waals surface area contributed by atoms with E-state index in [2.05, 4.69) is 0 Å². The van der Waals surface area contributed by atoms with Crippen molar-refractivity contribution in [2.24, 2.45) is 5.73 Å². The molecule has 0 aliphatic rings. The van der Waals surface area contributed by atoms with Crippen LogP contribution in [0.3, 0.4) is 0 Å². The molecular weight excluding hydrogens is 270 g/mol. The van der Waals surface area contributed by atoms with Crippen LogP contribution >= 0.6 is 0 Å². The van der Waals surface area contributed by atoms with Crippen LogP contribution in [-0.4, -0.2) is 29.8 Å². The largest absolute Gasteiger partial charge is 0.493 e. The molecule has 0 saturated carbocycles. The molecule has 5 nitrogen and oxygen atoms in total. The van der Waals surface area contributed by atoms with Crippen LogP contribution in [0.15, 0.2) is 18.2 Å². The number of hydrogen-bond acceptors (Lipinski definition) is 4. The molecule has 0 spiro atoms. The second-order valence-electron chi connectivity index (χ2n) is 5.15. The van der Waals surface area contributed by atoms with Gasteiger partial charge < -0.3 is 20.3 Å².